The number of carbonyl (C=O) groups excluding carboxylic acids is 1. The van der Waals surface area contributed by atoms with Crippen LogP contribution in [0.1, 0.15) is 23.6 Å². The predicted molar refractivity (Wildman–Crippen MR) is 101 cm³/mol. The normalized spacial score (nSPS) is 20.1. The van der Waals surface area contributed by atoms with Crippen LogP contribution in [0.25, 0.3) is 0 Å². The molecule has 2 unspecified atom stereocenters. The molecule has 8 heteroatoms. The molecule has 3 rings (SSSR count). The van der Waals surface area contributed by atoms with Crippen LogP contribution in [-0.2, 0) is 4.79 Å². The molecule has 2 aromatic rings. The quantitative estimate of drug-likeness (QED) is 0.544. The SMILES string of the molecule is O=C(N/N=C/c1ccc(Cl)cc1Cl)C1CC(c2ccc(Cl)cc2)NN1. The number of amides is 1. The standard InChI is InChI=1S/C17H15Cl3N4O/c18-12-4-1-10(2-5-12)15-8-16(23-22-15)17(25)24-21-9-11-3-6-13(19)7-14(11)20/h1-7,9,15-16,22-23H,8H2,(H,24,25)/b21-9+. The largest absolute Gasteiger partial charge is 0.271 e. The van der Waals surface area contributed by atoms with Crippen LogP contribution in [-0.4, -0.2) is 18.2 Å². The van der Waals surface area contributed by atoms with Crippen LogP contribution in [0, 0.1) is 0 Å². The van der Waals surface area contributed by atoms with Crippen molar-refractivity contribution in [3.63, 3.8) is 0 Å². The number of nitrogens with zero attached hydrogens (tertiary/aromatic N) is 1. The maximum atomic E-state index is 12.2. The molecule has 1 aliphatic rings. The van der Waals surface area contributed by atoms with Crippen molar-refractivity contribution in [1.29, 1.82) is 0 Å². The Kier molecular flexibility index (Phi) is 5.93. The first-order valence-corrected chi connectivity index (χ1v) is 8.71. The van der Waals surface area contributed by atoms with Crippen molar-refractivity contribution in [3.8, 4) is 0 Å². The zero-order valence-electron chi connectivity index (χ0n) is 13.0. The van der Waals surface area contributed by atoms with Gasteiger partial charge in [-0.2, -0.15) is 5.10 Å². The molecule has 0 bridgehead atoms. The molecule has 2 atom stereocenters. The fourth-order valence-corrected chi connectivity index (χ4v) is 3.07. The van der Waals surface area contributed by atoms with Gasteiger partial charge in [0, 0.05) is 21.7 Å². The molecule has 0 aromatic heterocycles. The molecule has 0 saturated carbocycles. The van der Waals surface area contributed by atoms with E-state index in [0.717, 1.165) is 5.56 Å². The van der Waals surface area contributed by atoms with Crippen molar-refractivity contribution < 1.29 is 4.79 Å². The highest BCUT2D eigenvalue weighted by molar-refractivity contribution is 6.36. The summed E-state index contributed by atoms with van der Waals surface area (Å²) >= 11 is 17.8. The maximum absolute atomic E-state index is 12.2. The number of halogens is 3. The van der Waals surface area contributed by atoms with Gasteiger partial charge in [0.05, 0.1) is 11.2 Å². The minimum Gasteiger partial charge on any atom is -0.271 e. The molecule has 2 aromatic carbocycles. The summed E-state index contributed by atoms with van der Waals surface area (Å²) in [6.07, 6.45) is 2.08. The molecule has 1 aliphatic heterocycles. The van der Waals surface area contributed by atoms with Gasteiger partial charge < -0.3 is 0 Å². The van der Waals surface area contributed by atoms with Gasteiger partial charge in [-0.25, -0.2) is 16.3 Å². The number of hydrogen-bond donors (Lipinski definition) is 3. The first-order chi connectivity index (χ1) is 12.0. The summed E-state index contributed by atoms with van der Waals surface area (Å²) in [5.41, 5.74) is 10.3. The first-order valence-electron chi connectivity index (χ1n) is 7.57. The summed E-state index contributed by atoms with van der Waals surface area (Å²) in [5, 5.41) is 5.64. The second kappa shape index (κ2) is 8.17. The van der Waals surface area contributed by atoms with E-state index in [1.165, 1.54) is 6.21 Å². The molecule has 0 aliphatic carbocycles. The number of carbonyl (C=O) groups is 1. The molecular weight excluding hydrogens is 383 g/mol. The minimum atomic E-state index is -0.390. The average Bonchev–Trinajstić information content (AvgIpc) is 3.07. The van der Waals surface area contributed by atoms with Gasteiger partial charge >= 0.3 is 0 Å². The van der Waals surface area contributed by atoms with E-state index in [-0.39, 0.29) is 11.9 Å². The van der Waals surface area contributed by atoms with E-state index in [2.05, 4.69) is 21.4 Å². The lowest BCUT2D eigenvalue weighted by atomic mass is 10.0. The van der Waals surface area contributed by atoms with Crippen molar-refractivity contribution in [2.75, 3.05) is 0 Å². The van der Waals surface area contributed by atoms with Crippen molar-refractivity contribution in [1.82, 2.24) is 16.3 Å². The number of hydrazone groups is 1. The Morgan fingerprint density at radius 1 is 1.08 bits per heavy atom. The molecule has 130 valence electrons. The van der Waals surface area contributed by atoms with E-state index < -0.39 is 6.04 Å². The summed E-state index contributed by atoms with van der Waals surface area (Å²) in [4.78, 5) is 12.2. The van der Waals surface area contributed by atoms with E-state index in [0.29, 0.717) is 27.1 Å². The van der Waals surface area contributed by atoms with Gasteiger partial charge in [0.1, 0.15) is 6.04 Å². The van der Waals surface area contributed by atoms with Crippen LogP contribution in [0.3, 0.4) is 0 Å². The van der Waals surface area contributed by atoms with Gasteiger partial charge in [0.2, 0.25) is 0 Å². The number of hydrogen-bond acceptors (Lipinski definition) is 4. The molecule has 0 radical (unpaired) electrons. The Hall–Kier alpha value is -1.63. The van der Waals surface area contributed by atoms with Crippen LogP contribution in [0.5, 0.6) is 0 Å². The van der Waals surface area contributed by atoms with Crippen molar-refractivity contribution in [3.05, 3.63) is 68.7 Å². The highest BCUT2D eigenvalue weighted by atomic mass is 35.5. The van der Waals surface area contributed by atoms with E-state index in [1.807, 2.05) is 24.3 Å². The lowest BCUT2D eigenvalue weighted by molar-refractivity contribution is -0.122. The van der Waals surface area contributed by atoms with Crippen LogP contribution < -0.4 is 16.3 Å². The molecule has 5 nitrogen and oxygen atoms in total. The Balaban J connectivity index is 1.55. The van der Waals surface area contributed by atoms with Gasteiger partial charge in [-0.15, -0.1) is 0 Å². The average molecular weight is 398 g/mol. The lowest BCUT2D eigenvalue weighted by Crippen LogP contribution is -2.41. The summed E-state index contributed by atoms with van der Waals surface area (Å²) in [6, 6.07) is 12.2. The van der Waals surface area contributed by atoms with Crippen LogP contribution in [0.15, 0.2) is 47.6 Å². The van der Waals surface area contributed by atoms with Crippen molar-refractivity contribution in [2.45, 2.75) is 18.5 Å². The van der Waals surface area contributed by atoms with Crippen LogP contribution in [0.2, 0.25) is 15.1 Å². The Labute approximate surface area is 160 Å². The summed E-state index contributed by atoms with van der Waals surface area (Å²) in [7, 11) is 0. The summed E-state index contributed by atoms with van der Waals surface area (Å²) in [6.45, 7) is 0. The third kappa shape index (κ3) is 4.71. The summed E-state index contributed by atoms with van der Waals surface area (Å²) in [5.74, 6) is -0.231. The van der Waals surface area contributed by atoms with Gasteiger partial charge in [-0.3, -0.25) is 4.79 Å². The predicted octanol–water partition coefficient (Wildman–Crippen LogP) is 3.70. The Morgan fingerprint density at radius 3 is 2.52 bits per heavy atom. The van der Waals surface area contributed by atoms with Crippen molar-refractivity contribution in [2.24, 2.45) is 5.10 Å². The first kappa shape index (κ1) is 18.2. The summed E-state index contributed by atoms with van der Waals surface area (Å²) < 4.78 is 0. The highest BCUT2D eigenvalue weighted by Crippen LogP contribution is 2.23. The molecule has 1 saturated heterocycles. The molecule has 3 N–H and O–H groups in total. The molecule has 25 heavy (non-hydrogen) atoms. The van der Waals surface area contributed by atoms with Gasteiger partial charge in [-0.1, -0.05) is 53.0 Å². The van der Waals surface area contributed by atoms with E-state index in [9.17, 15) is 4.79 Å². The van der Waals surface area contributed by atoms with Gasteiger partial charge in [-0.05, 0) is 36.2 Å². The lowest BCUT2D eigenvalue weighted by Gasteiger charge is -2.09. The maximum Gasteiger partial charge on any atom is 0.258 e. The smallest absolute Gasteiger partial charge is 0.258 e. The van der Waals surface area contributed by atoms with Gasteiger partial charge in [0.15, 0.2) is 0 Å². The Bertz CT molecular complexity index is 795. The molecule has 1 fully saturated rings. The number of hydrazine groups is 1. The fourth-order valence-electron chi connectivity index (χ4n) is 2.49. The highest BCUT2D eigenvalue weighted by Gasteiger charge is 2.29. The number of benzene rings is 2. The monoisotopic (exact) mass is 396 g/mol. The molecule has 1 amide bonds. The minimum absolute atomic E-state index is 0.0303. The fraction of sp³-hybridized carbons (Fsp3) is 0.176. The molecule has 0 spiro atoms. The van der Waals surface area contributed by atoms with Gasteiger partial charge in [0.25, 0.3) is 5.91 Å². The van der Waals surface area contributed by atoms with Crippen molar-refractivity contribution >= 4 is 46.9 Å². The number of nitrogens with one attached hydrogen (secondary N) is 3. The second-order valence-corrected chi connectivity index (χ2v) is 6.86. The van der Waals surface area contributed by atoms with E-state index >= 15 is 0 Å². The van der Waals surface area contributed by atoms with E-state index in [1.54, 1.807) is 18.2 Å². The third-order valence-corrected chi connectivity index (χ3v) is 4.65. The zero-order valence-corrected chi connectivity index (χ0v) is 15.2. The molecule has 1 heterocycles. The van der Waals surface area contributed by atoms with Crippen LogP contribution >= 0.6 is 34.8 Å². The Morgan fingerprint density at radius 2 is 1.80 bits per heavy atom. The third-order valence-electron chi connectivity index (χ3n) is 3.83. The van der Waals surface area contributed by atoms with E-state index in [4.69, 9.17) is 34.8 Å². The van der Waals surface area contributed by atoms with Crippen LogP contribution in [0.4, 0.5) is 0 Å². The zero-order chi connectivity index (χ0) is 17.8. The molecular formula is C17H15Cl3N4O. The topological polar surface area (TPSA) is 65.5 Å². The second-order valence-electron chi connectivity index (χ2n) is 5.58. The number of rotatable bonds is 4.